The van der Waals surface area contributed by atoms with E-state index in [1.54, 1.807) is 29.9 Å². The number of piperazine rings is 1. The van der Waals surface area contributed by atoms with Gasteiger partial charge in [0.25, 0.3) is 0 Å². The summed E-state index contributed by atoms with van der Waals surface area (Å²) in [5.41, 5.74) is 3.70. The molecule has 0 aliphatic carbocycles. The van der Waals surface area contributed by atoms with Gasteiger partial charge in [-0.1, -0.05) is 13.0 Å². The minimum absolute atomic E-state index is 0.114. The van der Waals surface area contributed by atoms with Crippen molar-refractivity contribution in [2.45, 2.75) is 13.8 Å². The topological polar surface area (TPSA) is 104 Å². The van der Waals surface area contributed by atoms with Crippen molar-refractivity contribution in [3.8, 4) is 28.5 Å². The van der Waals surface area contributed by atoms with Crippen LogP contribution < -0.4 is 4.90 Å². The molecular weight excluding hydrogens is 442 g/mol. The summed E-state index contributed by atoms with van der Waals surface area (Å²) < 4.78 is 7.41. The largest absolute Gasteiger partial charge is 0.441 e. The maximum Gasteiger partial charge on any atom is 0.229 e. The lowest BCUT2D eigenvalue weighted by molar-refractivity contribution is -0.133. The van der Waals surface area contributed by atoms with Crippen molar-refractivity contribution in [3.05, 3.63) is 67.1 Å². The van der Waals surface area contributed by atoms with Crippen molar-refractivity contribution in [2.24, 2.45) is 5.92 Å². The van der Waals surface area contributed by atoms with Crippen molar-refractivity contribution >= 4 is 17.2 Å². The summed E-state index contributed by atoms with van der Waals surface area (Å²) in [6.07, 6.45) is 8.56. The average Bonchev–Trinajstić information content (AvgIpc) is 3.53. The summed E-state index contributed by atoms with van der Waals surface area (Å²) in [7, 11) is 0. The molecule has 0 bridgehead atoms. The number of aryl methyl sites for hydroxylation is 1. The second kappa shape index (κ2) is 9.06. The molecular formula is C26H25N7O2. The highest BCUT2D eigenvalue weighted by atomic mass is 16.4. The van der Waals surface area contributed by atoms with E-state index in [0.717, 1.165) is 22.5 Å². The predicted octanol–water partition coefficient (Wildman–Crippen LogP) is 3.70. The maximum absolute atomic E-state index is 12.4. The molecule has 0 spiro atoms. The fraction of sp³-hybridized carbons (Fsp3) is 0.269. The Kier molecular flexibility index (Phi) is 5.79. The molecule has 0 radical (unpaired) electrons. The van der Waals surface area contributed by atoms with Crippen molar-refractivity contribution < 1.29 is 9.21 Å². The predicted molar refractivity (Wildman–Crippen MR) is 132 cm³/mol. The highest BCUT2D eigenvalue weighted by molar-refractivity contribution is 5.87. The molecule has 1 amide bonds. The Morgan fingerprint density at radius 3 is 2.60 bits per heavy atom. The number of carbonyl (C=O) groups is 1. The molecule has 0 saturated carbocycles. The van der Waals surface area contributed by atoms with Crippen LogP contribution in [0.25, 0.3) is 28.0 Å². The van der Waals surface area contributed by atoms with Crippen LogP contribution in [0.15, 0.2) is 60.1 Å². The second-order valence-electron chi connectivity index (χ2n) is 8.59. The van der Waals surface area contributed by atoms with E-state index < -0.39 is 0 Å². The van der Waals surface area contributed by atoms with Gasteiger partial charge in [-0.3, -0.25) is 4.79 Å². The summed E-state index contributed by atoms with van der Waals surface area (Å²) in [5.74, 6) is 2.00. The molecule has 0 aromatic carbocycles. The third-order valence-corrected chi connectivity index (χ3v) is 6.36. The zero-order chi connectivity index (χ0) is 24.5. The molecule has 1 saturated heterocycles. The van der Waals surface area contributed by atoms with Crippen LogP contribution in [-0.2, 0) is 4.79 Å². The highest BCUT2D eigenvalue weighted by Crippen LogP contribution is 2.32. The number of oxazole rings is 1. The maximum atomic E-state index is 12.4. The Morgan fingerprint density at radius 2 is 1.97 bits per heavy atom. The Morgan fingerprint density at radius 1 is 1.17 bits per heavy atom. The number of pyridine rings is 2. The highest BCUT2D eigenvalue weighted by Gasteiger charge is 2.24. The van der Waals surface area contributed by atoms with Gasteiger partial charge in [0.1, 0.15) is 11.9 Å². The van der Waals surface area contributed by atoms with Gasteiger partial charge in [0.2, 0.25) is 5.91 Å². The van der Waals surface area contributed by atoms with Gasteiger partial charge in [-0.2, -0.15) is 10.4 Å². The number of aromatic nitrogens is 4. The van der Waals surface area contributed by atoms with Gasteiger partial charge in [-0.25, -0.2) is 14.5 Å². The first-order valence-electron chi connectivity index (χ1n) is 11.5. The van der Waals surface area contributed by atoms with Gasteiger partial charge in [0.05, 0.1) is 29.4 Å². The van der Waals surface area contributed by atoms with Gasteiger partial charge < -0.3 is 14.2 Å². The molecule has 176 valence electrons. The molecule has 9 nitrogen and oxygen atoms in total. The van der Waals surface area contributed by atoms with Crippen LogP contribution in [0.1, 0.15) is 18.4 Å². The lowest BCUT2D eigenvalue weighted by atomic mass is 10.0. The molecule has 0 N–H and O–H groups in total. The number of hydrogen-bond donors (Lipinski definition) is 0. The Balaban J connectivity index is 1.43. The van der Waals surface area contributed by atoms with Crippen LogP contribution in [0, 0.1) is 24.2 Å². The SMILES string of the molecule is C=CC(C)C(=O)N1CCN(c2ccc(-c3cc(-c4cnc(C)o4)cn4ncc(C#N)c34)cn2)CC1. The van der Waals surface area contributed by atoms with E-state index in [9.17, 15) is 10.1 Å². The zero-order valence-electron chi connectivity index (χ0n) is 19.7. The smallest absolute Gasteiger partial charge is 0.229 e. The molecule has 4 aromatic rings. The van der Waals surface area contributed by atoms with E-state index in [-0.39, 0.29) is 11.8 Å². The van der Waals surface area contributed by atoms with Crippen LogP contribution in [0.5, 0.6) is 0 Å². The first kappa shape index (κ1) is 22.3. The minimum Gasteiger partial charge on any atom is -0.441 e. The van der Waals surface area contributed by atoms with Crippen molar-refractivity contribution in [2.75, 3.05) is 31.1 Å². The fourth-order valence-corrected chi connectivity index (χ4v) is 4.33. The lowest BCUT2D eigenvalue weighted by Crippen LogP contribution is -2.50. The summed E-state index contributed by atoms with van der Waals surface area (Å²) in [4.78, 5) is 25.4. The van der Waals surface area contributed by atoms with E-state index in [1.165, 1.54) is 0 Å². The summed E-state index contributed by atoms with van der Waals surface area (Å²) in [5, 5.41) is 14.0. The third-order valence-electron chi connectivity index (χ3n) is 6.36. The van der Waals surface area contributed by atoms with Crippen LogP contribution >= 0.6 is 0 Å². The van der Waals surface area contributed by atoms with Crippen LogP contribution in [0.3, 0.4) is 0 Å². The molecule has 35 heavy (non-hydrogen) atoms. The number of rotatable bonds is 5. The number of carbonyl (C=O) groups excluding carboxylic acids is 1. The third kappa shape index (κ3) is 4.15. The van der Waals surface area contributed by atoms with Gasteiger partial charge in [-0.05, 0) is 18.2 Å². The molecule has 1 unspecified atom stereocenters. The van der Waals surface area contributed by atoms with Gasteiger partial charge in [0.15, 0.2) is 11.7 Å². The first-order chi connectivity index (χ1) is 17.0. The van der Waals surface area contributed by atoms with Crippen LogP contribution in [0.4, 0.5) is 5.82 Å². The van der Waals surface area contributed by atoms with Crippen molar-refractivity contribution in [3.63, 3.8) is 0 Å². The van der Waals surface area contributed by atoms with E-state index in [2.05, 4.69) is 27.6 Å². The molecule has 5 rings (SSSR count). The quantitative estimate of drug-likeness (QED) is 0.412. The van der Waals surface area contributed by atoms with E-state index >= 15 is 0 Å². The zero-order valence-corrected chi connectivity index (χ0v) is 19.7. The van der Waals surface area contributed by atoms with Gasteiger partial charge >= 0.3 is 0 Å². The standard InChI is InChI=1S/C26H25N7O2/c1-4-17(2)26(34)32-9-7-31(8-10-32)24-6-5-19(13-29-24)22-11-20(23-15-28-18(3)35-23)16-33-25(22)21(12-27)14-30-33/h4-6,11,13-17H,1,7-10H2,2-3H3. The van der Waals surface area contributed by atoms with Gasteiger partial charge in [-0.15, -0.1) is 6.58 Å². The van der Waals surface area contributed by atoms with Crippen molar-refractivity contribution in [1.82, 2.24) is 24.5 Å². The molecule has 5 heterocycles. The van der Waals surface area contributed by atoms with E-state index in [1.807, 2.05) is 42.4 Å². The molecule has 9 heteroatoms. The molecule has 4 aromatic heterocycles. The van der Waals surface area contributed by atoms with Crippen molar-refractivity contribution in [1.29, 1.82) is 5.26 Å². The van der Waals surface area contributed by atoms with Crippen LogP contribution in [0.2, 0.25) is 0 Å². The molecule has 1 aliphatic heterocycles. The Bertz CT molecular complexity index is 1440. The summed E-state index contributed by atoms with van der Waals surface area (Å²) >= 11 is 0. The normalized spacial score (nSPS) is 14.7. The van der Waals surface area contributed by atoms with Crippen LogP contribution in [-0.4, -0.2) is 56.6 Å². The van der Waals surface area contributed by atoms with E-state index in [0.29, 0.717) is 48.9 Å². The second-order valence-corrected chi connectivity index (χ2v) is 8.59. The minimum atomic E-state index is -0.172. The lowest BCUT2D eigenvalue weighted by Gasteiger charge is -2.36. The Hall–Kier alpha value is -4.45. The number of nitriles is 1. The number of fused-ring (bicyclic) bond motifs is 1. The first-order valence-corrected chi connectivity index (χ1v) is 11.5. The number of amides is 1. The monoisotopic (exact) mass is 467 g/mol. The average molecular weight is 468 g/mol. The summed E-state index contributed by atoms with van der Waals surface area (Å²) in [6.45, 7) is 10.1. The molecule has 1 aliphatic rings. The number of anilines is 1. The molecule has 1 fully saturated rings. The number of hydrogen-bond acceptors (Lipinski definition) is 7. The fourth-order valence-electron chi connectivity index (χ4n) is 4.33. The van der Waals surface area contributed by atoms with E-state index in [4.69, 9.17) is 9.40 Å². The molecule has 1 atom stereocenters. The summed E-state index contributed by atoms with van der Waals surface area (Å²) in [6, 6.07) is 8.17. The van der Waals surface area contributed by atoms with Gasteiger partial charge in [0, 0.05) is 62.2 Å². The number of nitrogens with zero attached hydrogens (tertiary/aromatic N) is 7. The Labute approximate surface area is 202 Å².